The zero-order chi connectivity index (χ0) is 11.5. The van der Waals surface area contributed by atoms with Crippen molar-refractivity contribution in [2.75, 3.05) is 18.0 Å². The molecule has 0 bridgehead atoms. The van der Waals surface area contributed by atoms with Crippen molar-refractivity contribution in [1.29, 1.82) is 0 Å². The molecular formula is C14H22LiN. The Morgan fingerprint density at radius 3 is 2.19 bits per heavy atom. The summed E-state index contributed by atoms with van der Waals surface area (Å²) >= 11 is 0. The fraction of sp³-hybridized carbons (Fsp3) is 0.571. The number of rotatable bonds is 3. The maximum Gasteiger partial charge on any atom is 1.00 e. The third-order valence-electron chi connectivity index (χ3n) is 2.76. The van der Waals surface area contributed by atoms with Gasteiger partial charge in [0.25, 0.3) is 0 Å². The largest absolute Gasteiger partial charge is 1.00 e. The molecule has 0 unspecified atom stereocenters. The molecule has 1 aromatic rings. The average molecular weight is 211 g/mol. The summed E-state index contributed by atoms with van der Waals surface area (Å²) in [7, 11) is 0. The van der Waals surface area contributed by atoms with Crippen LogP contribution in [0, 0.1) is 6.07 Å². The zero-order valence-electron chi connectivity index (χ0n) is 11.6. The van der Waals surface area contributed by atoms with E-state index in [-0.39, 0.29) is 24.3 Å². The minimum atomic E-state index is 0. The van der Waals surface area contributed by atoms with Crippen LogP contribution in [-0.4, -0.2) is 13.1 Å². The Bertz CT molecular complexity index is 311. The van der Waals surface area contributed by atoms with E-state index in [0.29, 0.717) is 0 Å². The fourth-order valence-corrected chi connectivity index (χ4v) is 1.67. The van der Waals surface area contributed by atoms with E-state index in [1.807, 2.05) is 6.07 Å². The average Bonchev–Trinajstić information content (AvgIpc) is 2.19. The molecule has 1 nitrogen and oxygen atoms in total. The van der Waals surface area contributed by atoms with Crippen LogP contribution in [0.4, 0.5) is 5.69 Å². The van der Waals surface area contributed by atoms with Gasteiger partial charge in [0.05, 0.1) is 0 Å². The quantitative estimate of drug-likeness (QED) is 0.524. The first-order valence-electron chi connectivity index (χ1n) is 5.76. The number of nitrogens with zero attached hydrogens (tertiary/aromatic N) is 1. The van der Waals surface area contributed by atoms with E-state index in [1.54, 1.807) is 0 Å². The smallest absolute Gasteiger partial charge is 0.394 e. The van der Waals surface area contributed by atoms with Crippen LogP contribution in [0.25, 0.3) is 0 Å². The molecule has 1 aromatic carbocycles. The van der Waals surface area contributed by atoms with Gasteiger partial charge in [0.15, 0.2) is 0 Å². The van der Waals surface area contributed by atoms with Gasteiger partial charge in [-0.3, -0.25) is 0 Å². The van der Waals surface area contributed by atoms with E-state index in [9.17, 15) is 0 Å². The summed E-state index contributed by atoms with van der Waals surface area (Å²) in [6.45, 7) is 13.2. The number of hydrogen-bond donors (Lipinski definition) is 0. The van der Waals surface area contributed by atoms with Gasteiger partial charge in [0.1, 0.15) is 0 Å². The molecule has 0 saturated heterocycles. The Morgan fingerprint density at radius 1 is 1.19 bits per heavy atom. The van der Waals surface area contributed by atoms with Crippen molar-refractivity contribution in [3.05, 3.63) is 29.8 Å². The van der Waals surface area contributed by atoms with Gasteiger partial charge in [-0.15, -0.1) is 6.07 Å². The molecule has 0 N–H and O–H groups in total. The topological polar surface area (TPSA) is 3.24 Å². The first kappa shape index (κ1) is 15.6. The minimum absolute atomic E-state index is 0. The number of anilines is 1. The summed E-state index contributed by atoms with van der Waals surface area (Å²) in [6.07, 6.45) is 0. The van der Waals surface area contributed by atoms with E-state index >= 15 is 0 Å². The first-order valence-corrected chi connectivity index (χ1v) is 5.76. The minimum Gasteiger partial charge on any atom is -0.394 e. The first-order chi connectivity index (χ1) is 6.99. The summed E-state index contributed by atoms with van der Waals surface area (Å²) in [5.74, 6) is 0. The van der Waals surface area contributed by atoms with Crippen LogP contribution in [0.5, 0.6) is 0 Å². The second-order valence-electron chi connectivity index (χ2n) is 4.88. The van der Waals surface area contributed by atoms with E-state index in [0.717, 1.165) is 13.1 Å². The Labute approximate surface area is 112 Å². The van der Waals surface area contributed by atoms with Gasteiger partial charge in [-0.25, -0.2) is 0 Å². The van der Waals surface area contributed by atoms with Gasteiger partial charge in [-0.1, -0.05) is 26.5 Å². The zero-order valence-corrected chi connectivity index (χ0v) is 11.6. The molecule has 0 radical (unpaired) electrons. The summed E-state index contributed by atoms with van der Waals surface area (Å²) in [5.41, 5.74) is 2.81. The van der Waals surface area contributed by atoms with Gasteiger partial charge in [-0.2, -0.15) is 23.8 Å². The summed E-state index contributed by atoms with van der Waals surface area (Å²) < 4.78 is 0. The maximum atomic E-state index is 3.31. The summed E-state index contributed by atoms with van der Waals surface area (Å²) in [5, 5.41) is 0. The Hall–Kier alpha value is -0.383. The van der Waals surface area contributed by atoms with Crippen molar-refractivity contribution in [2.45, 2.75) is 40.0 Å². The van der Waals surface area contributed by atoms with Gasteiger partial charge < -0.3 is 4.90 Å². The van der Waals surface area contributed by atoms with Crippen LogP contribution in [0.1, 0.15) is 40.2 Å². The molecule has 84 valence electrons. The van der Waals surface area contributed by atoms with Gasteiger partial charge in [0, 0.05) is 13.1 Å². The molecular weight excluding hydrogens is 189 g/mol. The van der Waals surface area contributed by atoms with Crippen molar-refractivity contribution in [3.63, 3.8) is 0 Å². The third-order valence-corrected chi connectivity index (χ3v) is 2.76. The Balaban J connectivity index is 0.00000225. The van der Waals surface area contributed by atoms with Crippen LogP contribution < -0.4 is 23.8 Å². The normalized spacial score (nSPS) is 10.8. The van der Waals surface area contributed by atoms with Crippen LogP contribution in [0.15, 0.2) is 18.2 Å². The predicted molar refractivity (Wildman–Crippen MR) is 67.5 cm³/mol. The summed E-state index contributed by atoms with van der Waals surface area (Å²) in [6, 6.07) is 9.76. The van der Waals surface area contributed by atoms with Crippen molar-refractivity contribution in [1.82, 2.24) is 0 Å². The molecule has 0 saturated carbocycles. The molecule has 0 amide bonds. The molecule has 0 atom stereocenters. The predicted octanol–water partition coefficient (Wildman–Crippen LogP) is 0.634. The molecule has 0 aromatic heterocycles. The second-order valence-corrected chi connectivity index (χ2v) is 4.88. The SMILES string of the molecule is CCN(CC)c1[c-]ccc(C(C)(C)C)c1.[Li+]. The van der Waals surface area contributed by atoms with Crippen molar-refractivity contribution < 1.29 is 18.9 Å². The van der Waals surface area contributed by atoms with Crippen molar-refractivity contribution >= 4 is 5.69 Å². The molecule has 0 fully saturated rings. The van der Waals surface area contributed by atoms with Gasteiger partial charge in [0.2, 0.25) is 0 Å². The Kier molecular flexibility index (Phi) is 6.22. The van der Waals surface area contributed by atoms with Crippen LogP contribution in [0.3, 0.4) is 0 Å². The molecule has 0 spiro atoms. The van der Waals surface area contributed by atoms with Crippen LogP contribution in [-0.2, 0) is 5.41 Å². The number of hydrogen-bond acceptors (Lipinski definition) is 1. The van der Waals surface area contributed by atoms with Gasteiger partial charge >= 0.3 is 18.9 Å². The monoisotopic (exact) mass is 211 g/mol. The molecule has 0 aliphatic heterocycles. The summed E-state index contributed by atoms with van der Waals surface area (Å²) in [4.78, 5) is 2.33. The van der Waals surface area contributed by atoms with Crippen LogP contribution >= 0.6 is 0 Å². The molecule has 1 rings (SSSR count). The number of benzene rings is 1. The molecule has 2 heteroatoms. The van der Waals surface area contributed by atoms with Crippen molar-refractivity contribution in [3.8, 4) is 0 Å². The van der Waals surface area contributed by atoms with E-state index in [1.165, 1.54) is 11.3 Å². The maximum absolute atomic E-state index is 3.31. The van der Waals surface area contributed by atoms with E-state index in [4.69, 9.17) is 0 Å². The second kappa shape index (κ2) is 6.38. The molecule has 0 aliphatic carbocycles. The third kappa shape index (κ3) is 3.89. The van der Waals surface area contributed by atoms with E-state index < -0.39 is 0 Å². The molecule has 0 heterocycles. The van der Waals surface area contributed by atoms with Gasteiger partial charge in [-0.05, 0) is 19.3 Å². The van der Waals surface area contributed by atoms with Crippen molar-refractivity contribution in [2.24, 2.45) is 0 Å². The van der Waals surface area contributed by atoms with E-state index in [2.05, 4.69) is 57.7 Å². The standard InChI is InChI=1S/C14H22N.Li/c1-6-15(7-2)13-10-8-9-12(11-13)14(3,4)5;/h8-9,11H,6-7H2,1-5H3;/q-1;+1. The van der Waals surface area contributed by atoms with Crippen LogP contribution in [0.2, 0.25) is 0 Å². The molecule has 16 heavy (non-hydrogen) atoms. The Morgan fingerprint density at radius 2 is 1.75 bits per heavy atom. The fourth-order valence-electron chi connectivity index (χ4n) is 1.67. The molecule has 0 aliphatic rings.